The zero-order valence-corrected chi connectivity index (χ0v) is 58.4. The third-order valence-electron chi connectivity index (χ3n) is 15.9. The zero-order valence-electron chi connectivity index (χ0n) is 56.6. The summed E-state index contributed by atoms with van der Waals surface area (Å²) in [7, 11) is -9.89. The Morgan fingerprint density at radius 1 is 0.322 bits per heavy atom. The van der Waals surface area contributed by atoms with E-state index >= 15 is 0 Å². The van der Waals surface area contributed by atoms with Crippen molar-refractivity contribution in [1.29, 1.82) is 0 Å². The topological polar surface area (TPSA) is 237 Å². The third-order valence-corrected chi connectivity index (χ3v) is 17.8. The molecule has 0 aliphatic carbocycles. The normalized spacial score (nSPS) is 14.6. The van der Waals surface area contributed by atoms with Gasteiger partial charge in [-0.3, -0.25) is 37.3 Å². The van der Waals surface area contributed by atoms with Gasteiger partial charge in [-0.05, 0) is 49.4 Å². The summed E-state index contributed by atoms with van der Waals surface area (Å²) in [6.45, 7) is 14.0. The fourth-order valence-electron chi connectivity index (χ4n) is 10.1. The number of hydrogen-bond donors (Lipinski definition) is 3. The number of hydrogen-bond acceptors (Lipinski definition) is 15. The molecule has 0 aliphatic heterocycles. The second-order valence-corrected chi connectivity index (χ2v) is 29.1. The number of rotatable bonds is 65. The first-order chi connectivity index (χ1) is 41.6. The Morgan fingerprint density at radius 2 is 0.552 bits per heavy atom. The molecule has 6 atom stereocenters. The predicted molar refractivity (Wildman–Crippen MR) is 349 cm³/mol. The standard InChI is InChI=1S/C68H132O17P2/c1-9-61(8)47-39-31-21-16-14-12-10-11-13-15-17-23-34-42-50-67(72)84-63(54-78-65(70)48-40-32-22-19-18-20-28-36-44-58(2)3)56-82-86(74,75)80-52-62(69)53-81-87(76,77)83-57-64(85-68(73)51-43-35-27-25-30-38-46-60(6)7)55-79-66(71)49-41-33-26-24-29-37-45-59(4)5/h58-64,69H,9-57H2,1-8H3,(H,74,75)(H,76,77)/t61?,62-,63-,64-/m1/s1. The van der Waals surface area contributed by atoms with Gasteiger partial charge in [-0.1, -0.05) is 280 Å². The van der Waals surface area contributed by atoms with Crippen LogP contribution in [0.1, 0.15) is 331 Å². The number of phosphoric ester groups is 2. The molecule has 0 saturated carbocycles. The fraction of sp³-hybridized carbons (Fsp3) is 0.941. The molecule has 0 rings (SSSR count). The smallest absolute Gasteiger partial charge is 0.462 e. The van der Waals surface area contributed by atoms with Gasteiger partial charge in [0.05, 0.1) is 26.4 Å². The van der Waals surface area contributed by atoms with Crippen LogP contribution in [0.5, 0.6) is 0 Å². The van der Waals surface area contributed by atoms with Crippen LogP contribution >= 0.6 is 15.6 Å². The van der Waals surface area contributed by atoms with Crippen molar-refractivity contribution in [3.8, 4) is 0 Å². The fourth-order valence-corrected chi connectivity index (χ4v) is 11.7. The molecule has 17 nitrogen and oxygen atoms in total. The second kappa shape index (κ2) is 57.9. The first-order valence-electron chi connectivity index (χ1n) is 35.2. The van der Waals surface area contributed by atoms with Crippen LogP contribution in [0.3, 0.4) is 0 Å². The third kappa shape index (κ3) is 61.3. The summed E-state index contributed by atoms with van der Waals surface area (Å²) in [5, 5.41) is 10.6. The lowest BCUT2D eigenvalue weighted by Crippen LogP contribution is -2.30. The Hall–Kier alpha value is -1.94. The summed E-state index contributed by atoms with van der Waals surface area (Å²) < 4.78 is 68.1. The minimum absolute atomic E-state index is 0.100. The number of unbranched alkanes of at least 4 members (excludes halogenated alkanes) is 30. The van der Waals surface area contributed by atoms with Gasteiger partial charge in [-0.2, -0.15) is 0 Å². The Bertz CT molecular complexity index is 1730. The minimum Gasteiger partial charge on any atom is -0.462 e. The summed E-state index contributed by atoms with van der Waals surface area (Å²) in [5.41, 5.74) is 0. The van der Waals surface area contributed by atoms with Crippen LogP contribution in [0.2, 0.25) is 0 Å². The van der Waals surface area contributed by atoms with E-state index in [2.05, 4.69) is 55.4 Å². The minimum atomic E-state index is -4.95. The highest BCUT2D eigenvalue weighted by atomic mass is 31.2. The van der Waals surface area contributed by atoms with E-state index in [-0.39, 0.29) is 25.7 Å². The summed E-state index contributed by atoms with van der Waals surface area (Å²) in [5.74, 6) is 0.782. The SMILES string of the molecule is CCC(C)CCCCCCCCCCCCCCCCC(=O)O[C@H](COC(=O)CCCCCCCCCCC(C)C)COP(=O)(O)OC[C@@H](O)COP(=O)(O)OC[C@@H](COC(=O)CCCCCCCCC(C)C)OC(=O)CCCCCCCCC(C)C. The van der Waals surface area contributed by atoms with Gasteiger partial charge in [0.2, 0.25) is 0 Å². The summed E-state index contributed by atoms with van der Waals surface area (Å²) in [6.07, 6.45) is 39.3. The van der Waals surface area contributed by atoms with Crippen LogP contribution in [-0.4, -0.2) is 96.7 Å². The van der Waals surface area contributed by atoms with E-state index in [0.717, 1.165) is 108 Å². The number of phosphoric acid groups is 2. The van der Waals surface area contributed by atoms with E-state index in [1.54, 1.807) is 0 Å². The number of aliphatic hydroxyl groups is 1. The van der Waals surface area contributed by atoms with Crippen molar-refractivity contribution in [2.24, 2.45) is 23.7 Å². The molecule has 3 unspecified atom stereocenters. The molecule has 0 radical (unpaired) electrons. The molecule has 0 aromatic carbocycles. The zero-order chi connectivity index (χ0) is 64.7. The van der Waals surface area contributed by atoms with E-state index in [1.807, 2.05) is 0 Å². The van der Waals surface area contributed by atoms with Crippen LogP contribution < -0.4 is 0 Å². The molecule has 3 N–H and O–H groups in total. The average molecular weight is 1280 g/mol. The molecule has 0 saturated heterocycles. The molecule has 516 valence electrons. The summed E-state index contributed by atoms with van der Waals surface area (Å²) in [4.78, 5) is 72.3. The van der Waals surface area contributed by atoms with Crippen LogP contribution in [0.4, 0.5) is 0 Å². The largest absolute Gasteiger partial charge is 0.472 e. The number of esters is 4. The predicted octanol–water partition coefficient (Wildman–Crippen LogP) is 18.9. The van der Waals surface area contributed by atoms with Crippen molar-refractivity contribution >= 4 is 39.5 Å². The Labute approximate surface area is 530 Å². The van der Waals surface area contributed by atoms with E-state index < -0.39 is 97.5 Å². The molecule has 0 aromatic heterocycles. The second-order valence-electron chi connectivity index (χ2n) is 26.2. The summed E-state index contributed by atoms with van der Waals surface area (Å²) >= 11 is 0. The number of carbonyl (C=O) groups excluding carboxylic acids is 4. The lowest BCUT2D eigenvalue weighted by atomic mass is 9.99. The van der Waals surface area contributed by atoms with Crippen LogP contribution in [-0.2, 0) is 65.4 Å². The highest BCUT2D eigenvalue weighted by Crippen LogP contribution is 2.45. The van der Waals surface area contributed by atoms with E-state index in [0.29, 0.717) is 37.5 Å². The molecule has 0 aromatic rings. The monoisotopic (exact) mass is 1280 g/mol. The molecule has 0 fully saturated rings. The van der Waals surface area contributed by atoms with E-state index in [1.165, 1.54) is 128 Å². The van der Waals surface area contributed by atoms with Gasteiger partial charge in [-0.25, -0.2) is 9.13 Å². The van der Waals surface area contributed by atoms with Crippen molar-refractivity contribution in [3.05, 3.63) is 0 Å². The Morgan fingerprint density at radius 3 is 0.816 bits per heavy atom. The van der Waals surface area contributed by atoms with Gasteiger partial charge in [-0.15, -0.1) is 0 Å². The van der Waals surface area contributed by atoms with Gasteiger partial charge in [0.15, 0.2) is 12.2 Å². The van der Waals surface area contributed by atoms with Crippen LogP contribution in [0.25, 0.3) is 0 Å². The van der Waals surface area contributed by atoms with E-state index in [9.17, 15) is 43.2 Å². The van der Waals surface area contributed by atoms with Crippen molar-refractivity contribution < 1.29 is 80.2 Å². The van der Waals surface area contributed by atoms with Crippen molar-refractivity contribution in [1.82, 2.24) is 0 Å². The van der Waals surface area contributed by atoms with Crippen LogP contribution in [0, 0.1) is 23.7 Å². The van der Waals surface area contributed by atoms with E-state index in [4.69, 9.17) is 37.0 Å². The van der Waals surface area contributed by atoms with Crippen molar-refractivity contribution in [2.45, 2.75) is 350 Å². The molecule has 0 bridgehead atoms. The highest BCUT2D eigenvalue weighted by Gasteiger charge is 2.30. The Kier molecular flexibility index (Phi) is 56.6. The quantitative estimate of drug-likeness (QED) is 0.0222. The van der Waals surface area contributed by atoms with Crippen LogP contribution in [0.15, 0.2) is 0 Å². The number of aliphatic hydroxyl groups excluding tert-OH is 1. The average Bonchev–Trinajstić information content (AvgIpc) is 3.52. The maximum Gasteiger partial charge on any atom is 0.472 e. The number of ether oxygens (including phenoxy) is 4. The van der Waals surface area contributed by atoms with Crippen molar-refractivity contribution in [2.75, 3.05) is 39.6 Å². The maximum atomic E-state index is 13.0. The van der Waals surface area contributed by atoms with Gasteiger partial charge in [0, 0.05) is 25.7 Å². The summed E-state index contributed by atoms with van der Waals surface area (Å²) in [6, 6.07) is 0. The lowest BCUT2D eigenvalue weighted by molar-refractivity contribution is -0.161. The Balaban J connectivity index is 5.20. The lowest BCUT2D eigenvalue weighted by Gasteiger charge is -2.21. The molecule has 0 amide bonds. The highest BCUT2D eigenvalue weighted by molar-refractivity contribution is 7.47. The molecule has 0 heterocycles. The molecular formula is C68H132O17P2. The van der Waals surface area contributed by atoms with Gasteiger partial charge in [0.1, 0.15) is 19.3 Å². The molecule has 87 heavy (non-hydrogen) atoms. The van der Waals surface area contributed by atoms with Gasteiger partial charge >= 0.3 is 39.5 Å². The van der Waals surface area contributed by atoms with Gasteiger partial charge < -0.3 is 33.8 Å². The van der Waals surface area contributed by atoms with Gasteiger partial charge in [0.25, 0.3) is 0 Å². The molecule has 0 spiro atoms. The molecule has 19 heteroatoms. The molecular weight excluding hydrogens is 1150 g/mol. The molecule has 0 aliphatic rings. The number of carbonyl (C=O) groups is 4. The maximum absolute atomic E-state index is 13.0. The van der Waals surface area contributed by atoms with Crippen molar-refractivity contribution in [3.63, 3.8) is 0 Å². The first-order valence-corrected chi connectivity index (χ1v) is 38.2. The first kappa shape index (κ1) is 85.1.